The Balaban J connectivity index is 2.07. The summed E-state index contributed by atoms with van der Waals surface area (Å²) in [5.74, 6) is -0.0997. The molecule has 0 aliphatic heterocycles. The fourth-order valence-electron chi connectivity index (χ4n) is 2.85. The lowest BCUT2D eigenvalue weighted by Crippen LogP contribution is -2.28. The van der Waals surface area contributed by atoms with Crippen LogP contribution >= 0.6 is 0 Å². The molecule has 0 spiro atoms. The lowest BCUT2D eigenvalue weighted by Gasteiger charge is -2.26. The van der Waals surface area contributed by atoms with Crippen LogP contribution in [0.15, 0.2) is 36.4 Å². The van der Waals surface area contributed by atoms with E-state index in [4.69, 9.17) is 0 Å². The van der Waals surface area contributed by atoms with E-state index in [1.807, 2.05) is 36.4 Å². The number of carboxylic acid groups (broad SMARTS) is 1. The molecule has 2 aromatic carbocycles. The Morgan fingerprint density at radius 2 is 1.90 bits per heavy atom. The molecule has 1 saturated carbocycles. The van der Waals surface area contributed by atoms with E-state index < -0.39 is 5.97 Å². The predicted molar refractivity (Wildman–Crippen MR) is 86.1 cm³/mol. The van der Waals surface area contributed by atoms with Crippen LogP contribution in [-0.2, 0) is 0 Å². The molecular formula is C18H21NO2. The van der Waals surface area contributed by atoms with Crippen molar-refractivity contribution in [3.05, 3.63) is 42.0 Å². The number of benzene rings is 2. The van der Waals surface area contributed by atoms with Crippen molar-refractivity contribution in [2.24, 2.45) is 5.92 Å². The van der Waals surface area contributed by atoms with Gasteiger partial charge in [-0.3, -0.25) is 0 Å². The first kappa shape index (κ1) is 13.9. The number of hydrogen-bond donors (Lipinski definition) is 1. The highest BCUT2D eigenvalue weighted by Gasteiger charge is 2.26. The molecule has 0 radical (unpaired) electrons. The molecule has 0 heterocycles. The zero-order valence-electron chi connectivity index (χ0n) is 12.4. The maximum absolute atomic E-state index is 11.6. The average molecular weight is 283 g/mol. The van der Waals surface area contributed by atoms with Gasteiger partial charge < -0.3 is 10.0 Å². The molecular weight excluding hydrogens is 262 g/mol. The fourth-order valence-corrected chi connectivity index (χ4v) is 2.85. The van der Waals surface area contributed by atoms with E-state index in [0.29, 0.717) is 5.56 Å². The minimum Gasteiger partial charge on any atom is -0.478 e. The minimum absolute atomic E-state index is 0.419. The van der Waals surface area contributed by atoms with Gasteiger partial charge in [-0.05, 0) is 48.1 Å². The third-order valence-electron chi connectivity index (χ3n) is 4.10. The van der Waals surface area contributed by atoms with Crippen molar-refractivity contribution in [1.29, 1.82) is 0 Å². The van der Waals surface area contributed by atoms with Crippen molar-refractivity contribution < 1.29 is 9.90 Å². The topological polar surface area (TPSA) is 40.5 Å². The minimum atomic E-state index is -0.840. The van der Waals surface area contributed by atoms with Crippen LogP contribution in [0, 0.1) is 5.92 Å². The molecule has 3 heteroatoms. The van der Waals surface area contributed by atoms with Crippen molar-refractivity contribution in [1.82, 2.24) is 0 Å². The zero-order chi connectivity index (χ0) is 14.8. The molecule has 3 nitrogen and oxygen atoms in total. The Labute approximate surface area is 125 Å². The van der Waals surface area contributed by atoms with Gasteiger partial charge in [-0.2, -0.15) is 0 Å². The third kappa shape index (κ3) is 3.02. The summed E-state index contributed by atoms with van der Waals surface area (Å²) >= 11 is 0. The van der Waals surface area contributed by atoms with Crippen LogP contribution in [0.3, 0.4) is 0 Å². The largest absolute Gasteiger partial charge is 0.478 e. The number of carbonyl (C=O) groups is 1. The summed E-state index contributed by atoms with van der Waals surface area (Å²) in [4.78, 5) is 13.9. The first-order valence-corrected chi connectivity index (χ1v) is 7.70. The van der Waals surface area contributed by atoms with Crippen LogP contribution < -0.4 is 4.90 Å². The SMILES string of the molecule is CCCN(CC1CC1)c1cc2ccccc2cc1C(=O)O. The lowest BCUT2D eigenvalue weighted by molar-refractivity contribution is 0.0697. The van der Waals surface area contributed by atoms with Gasteiger partial charge in [0.25, 0.3) is 0 Å². The summed E-state index contributed by atoms with van der Waals surface area (Å²) in [5.41, 5.74) is 1.29. The Bertz CT molecular complexity index is 661. The van der Waals surface area contributed by atoms with Gasteiger partial charge in [0.2, 0.25) is 0 Å². The highest BCUT2D eigenvalue weighted by molar-refractivity contribution is 6.01. The number of aromatic carboxylic acids is 1. The summed E-state index contributed by atoms with van der Waals surface area (Å²) in [6, 6.07) is 11.8. The van der Waals surface area contributed by atoms with Gasteiger partial charge >= 0.3 is 5.97 Å². The monoisotopic (exact) mass is 283 g/mol. The fraction of sp³-hybridized carbons (Fsp3) is 0.389. The molecule has 1 fully saturated rings. The Kier molecular flexibility index (Phi) is 3.82. The van der Waals surface area contributed by atoms with Crippen molar-refractivity contribution in [3.8, 4) is 0 Å². The first-order chi connectivity index (χ1) is 10.2. The van der Waals surface area contributed by atoms with Gasteiger partial charge in [-0.25, -0.2) is 4.79 Å². The van der Waals surface area contributed by atoms with Gasteiger partial charge in [0, 0.05) is 13.1 Å². The van der Waals surface area contributed by atoms with Crippen molar-refractivity contribution in [2.45, 2.75) is 26.2 Å². The van der Waals surface area contributed by atoms with E-state index in [1.54, 1.807) is 0 Å². The van der Waals surface area contributed by atoms with Gasteiger partial charge in [0.1, 0.15) is 0 Å². The van der Waals surface area contributed by atoms with E-state index in [9.17, 15) is 9.90 Å². The van der Waals surface area contributed by atoms with E-state index in [-0.39, 0.29) is 0 Å². The summed E-state index contributed by atoms with van der Waals surface area (Å²) in [6.45, 7) is 4.03. The highest BCUT2D eigenvalue weighted by Crippen LogP contribution is 2.34. The molecule has 1 aliphatic carbocycles. The van der Waals surface area contributed by atoms with Crippen LogP contribution in [0.2, 0.25) is 0 Å². The Morgan fingerprint density at radius 3 is 2.48 bits per heavy atom. The second-order valence-corrected chi connectivity index (χ2v) is 5.91. The second kappa shape index (κ2) is 5.76. The Hall–Kier alpha value is -2.03. The van der Waals surface area contributed by atoms with E-state index in [0.717, 1.165) is 41.9 Å². The van der Waals surface area contributed by atoms with Gasteiger partial charge in [0.15, 0.2) is 0 Å². The number of rotatable bonds is 6. The maximum atomic E-state index is 11.6. The van der Waals surface area contributed by atoms with Crippen LogP contribution in [0.1, 0.15) is 36.5 Å². The summed E-state index contributed by atoms with van der Waals surface area (Å²) in [6.07, 6.45) is 3.57. The molecule has 0 bridgehead atoms. The van der Waals surface area contributed by atoms with Crippen LogP contribution in [0.5, 0.6) is 0 Å². The molecule has 1 N–H and O–H groups in total. The van der Waals surface area contributed by atoms with Crippen molar-refractivity contribution >= 4 is 22.4 Å². The van der Waals surface area contributed by atoms with Gasteiger partial charge in [-0.1, -0.05) is 31.2 Å². The molecule has 0 amide bonds. The quantitative estimate of drug-likeness (QED) is 0.865. The van der Waals surface area contributed by atoms with E-state index >= 15 is 0 Å². The molecule has 2 aromatic rings. The molecule has 21 heavy (non-hydrogen) atoms. The Morgan fingerprint density at radius 1 is 1.24 bits per heavy atom. The zero-order valence-corrected chi connectivity index (χ0v) is 12.4. The predicted octanol–water partition coefficient (Wildman–Crippen LogP) is 4.16. The summed E-state index contributed by atoms with van der Waals surface area (Å²) in [7, 11) is 0. The number of fused-ring (bicyclic) bond motifs is 1. The van der Waals surface area contributed by atoms with Gasteiger partial charge in [0.05, 0.1) is 11.3 Å². The highest BCUT2D eigenvalue weighted by atomic mass is 16.4. The summed E-state index contributed by atoms with van der Waals surface area (Å²) < 4.78 is 0. The molecule has 0 aromatic heterocycles. The molecule has 0 atom stereocenters. The second-order valence-electron chi connectivity index (χ2n) is 5.91. The smallest absolute Gasteiger partial charge is 0.337 e. The number of carboxylic acids is 1. The summed E-state index contributed by atoms with van der Waals surface area (Å²) in [5, 5.41) is 11.7. The first-order valence-electron chi connectivity index (χ1n) is 7.70. The standard InChI is InChI=1S/C18H21NO2/c1-2-9-19(12-13-7-8-13)17-11-15-6-4-3-5-14(15)10-16(17)18(20)21/h3-6,10-11,13H,2,7-9,12H2,1H3,(H,20,21). The van der Waals surface area contributed by atoms with Crippen molar-refractivity contribution in [3.63, 3.8) is 0 Å². The normalized spacial score (nSPS) is 14.3. The van der Waals surface area contributed by atoms with Crippen molar-refractivity contribution in [2.75, 3.05) is 18.0 Å². The molecule has 0 unspecified atom stereocenters. The molecule has 1 aliphatic rings. The van der Waals surface area contributed by atoms with E-state index in [2.05, 4.69) is 11.8 Å². The van der Waals surface area contributed by atoms with Crippen LogP contribution in [0.25, 0.3) is 10.8 Å². The van der Waals surface area contributed by atoms with Crippen LogP contribution in [-0.4, -0.2) is 24.2 Å². The molecule has 110 valence electrons. The molecule has 0 saturated heterocycles. The molecule has 3 rings (SSSR count). The third-order valence-corrected chi connectivity index (χ3v) is 4.10. The van der Waals surface area contributed by atoms with Crippen LogP contribution in [0.4, 0.5) is 5.69 Å². The number of nitrogens with zero attached hydrogens (tertiary/aromatic N) is 1. The lowest BCUT2D eigenvalue weighted by atomic mass is 10.0. The average Bonchev–Trinajstić information content (AvgIpc) is 3.29. The number of anilines is 1. The maximum Gasteiger partial charge on any atom is 0.337 e. The number of hydrogen-bond acceptors (Lipinski definition) is 2. The van der Waals surface area contributed by atoms with Gasteiger partial charge in [-0.15, -0.1) is 0 Å². The van der Waals surface area contributed by atoms with E-state index in [1.165, 1.54) is 12.8 Å².